The quantitative estimate of drug-likeness (QED) is 0.467. The fraction of sp³-hybridized carbons (Fsp3) is 0.348. The fourth-order valence-electron chi connectivity index (χ4n) is 2.75. The standard InChI is InChI=1S/C23H27NO2S/c1-15(2)10-11-26-20-8-6-18(14-21(20)25-5)7-9-23-24-19-12-16(3)17(4)13-22(19)27-23/h6-9,12-15H,10-11H2,1-5H3. The first kappa shape index (κ1) is 19.4. The highest BCUT2D eigenvalue weighted by atomic mass is 32.1. The van der Waals surface area contributed by atoms with Gasteiger partial charge in [0.05, 0.1) is 23.9 Å². The molecule has 142 valence electrons. The summed E-state index contributed by atoms with van der Waals surface area (Å²) in [6, 6.07) is 10.4. The van der Waals surface area contributed by atoms with Crippen LogP contribution in [-0.2, 0) is 0 Å². The van der Waals surface area contributed by atoms with Crippen LogP contribution in [0.4, 0.5) is 0 Å². The van der Waals surface area contributed by atoms with Crippen LogP contribution >= 0.6 is 11.3 Å². The van der Waals surface area contributed by atoms with Crippen molar-refractivity contribution in [1.82, 2.24) is 4.98 Å². The summed E-state index contributed by atoms with van der Waals surface area (Å²) in [7, 11) is 1.68. The van der Waals surface area contributed by atoms with Crippen LogP contribution in [0.2, 0.25) is 0 Å². The predicted octanol–water partition coefficient (Wildman–Crippen LogP) is 6.52. The highest BCUT2D eigenvalue weighted by molar-refractivity contribution is 7.19. The normalized spacial score (nSPS) is 11.6. The Morgan fingerprint density at radius 2 is 1.81 bits per heavy atom. The molecule has 0 bridgehead atoms. The van der Waals surface area contributed by atoms with E-state index < -0.39 is 0 Å². The van der Waals surface area contributed by atoms with E-state index >= 15 is 0 Å². The monoisotopic (exact) mass is 381 g/mol. The fourth-order valence-corrected chi connectivity index (χ4v) is 3.70. The number of thiazole rings is 1. The minimum atomic E-state index is 0.625. The van der Waals surface area contributed by atoms with Crippen LogP contribution < -0.4 is 9.47 Å². The van der Waals surface area contributed by atoms with Crippen LogP contribution in [0.25, 0.3) is 22.4 Å². The zero-order chi connectivity index (χ0) is 19.4. The zero-order valence-electron chi connectivity index (χ0n) is 16.7. The molecule has 4 heteroatoms. The molecule has 0 unspecified atom stereocenters. The van der Waals surface area contributed by atoms with E-state index in [2.05, 4.69) is 52.0 Å². The summed E-state index contributed by atoms with van der Waals surface area (Å²) in [5.41, 5.74) is 4.71. The van der Waals surface area contributed by atoms with Crippen molar-refractivity contribution in [3.63, 3.8) is 0 Å². The molecule has 0 aliphatic rings. The van der Waals surface area contributed by atoms with Crippen molar-refractivity contribution < 1.29 is 9.47 Å². The number of aromatic nitrogens is 1. The van der Waals surface area contributed by atoms with E-state index in [4.69, 9.17) is 14.5 Å². The number of benzene rings is 2. The molecule has 0 aliphatic heterocycles. The van der Waals surface area contributed by atoms with Crippen LogP contribution in [0.15, 0.2) is 30.3 Å². The van der Waals surface area contributed by atoms with E-state index in [0.717, 1.165) is 34.0 Å². The molecule has 0 saturated carbocycles. The van der Waals surface area contributed by atoms with Gasteiger partial charge in [0, 0.05) is 0 Å². The molecule has 0 amide bonds. The minimum Gasteiger partial charge on any atom is -0.493 e. The van der Waals surface area contributed by atoms with Gasteiger partial charge in [0.1, 0.15) is 5.01 Å². The number of aryl methyl sites for hydroxylation is 2. The maximum atomic E-state index is 5.86. The van der Waals surface area contributed by atoms with Gasteiger partial charge in [-0.2, -0.15) is 0 Å². The third-order valence-electron chi connectivity index (χ3n) is 4.58. The second-order valence-electron chi connectivity index (χ2n) is 7.23. The first-order chi connectivity index (χ1) is 13.0. The number of rotatable bonds is 7. The molecule has 0 atom stereocenters. The summed E-state index contributed by atoms with van der Waals surface area (Å²) in [5.74, 6) is 2.18. The number of fused-ring (bicyclic) bond motifs is 1. The van der Waals surface area contributed by atoms with Gasteiger partial charge in [-0.05, 0) is 73.2 Å². The molecule has 0 radical (unpaired) electrons. The average Bonchev–Trinajstić information content (AvgIpc) is 3.02. The molecule has 1 heterocycles. The lowest BCUT2D eigenvalue weighted by molar-refractivity contribution is 0.273. The predicted molar refractivity (Wildman–Crippen MR) is 116 cm³/mol. The molecule has 3 nitrogen and oxygen atoms in total. The maximum absolute atomic E-state index is 5.86. The molecule has 1 aromatic heterocycles. The van der Waals surface area contributed by atoms with Crippen molar-refractivity contribution in [3.8, 4) is 11.5 Å². The summed E-state index contributed by atoms with van der Waals surface area (Å²) < 4.78 is 12.6. The smallest absolute Gasteiger partial charge is 0.161 e. The van der Waals surface area contributed by atoms with E-state index in [-0.39, 0.29) is 0 Å². The van der Waals surface area contributed by atoms with E-state index in [9.17, 15) is 0 Å². The lowest BCUT2D eigenvalue weighted by atomic mass is 10.1. The van der Waals surface area contributed by atoms with Crippen molar-refractivity contribution in [2.24, 2.45) is 5.92 Å². The van der Waals surface area contributed by atoms with Gasteiger partial charge in [0.2, 0.25) is 0 Å². The van der Waals surface area contributed by atoms with Gasteiger partial charge >= 0.3 is 0 Å². The van der Waals surface area contributed by atoms with Crippen molar-refractivity contribution in [2.75, 3.05) is 13.7 Å². The second-order valence-corrected chi connectivity index (χ2v) is 8.29. The van der Waals surface area contributed by atoms with Gasteiger partial charge in [0.25, 0.3) is 0 Å². The average molecular weight is 382 g/mol. The Kier molecular flexibility index (Phi) is 6.17. The molecule has 3 aromatic rings. The molecule has 27 heavy (non-hydrogen) atoms. The van der Waals surface area contributed by atoms with Crippen LogP contribution in [0.5, 0.6) is 11.5 Å². The number of hydrogen-bond donors (Lipinski definition) is 0. The van der Waals surface area contributed by atoms with Crippen molar-refractivity contribution in [1.29, 1.82) is 0 Å². The number of methoxy groups -OCH3 is 1. The highest BCUT2D eigenvalue weighted by Crippen LogP contribution is 2.30. The Bertz CT molecular complexity index is 917. The molecule has 3 rings (SSSR count). The van der Waals surface area contributed by atoms with Gasteiger partial charge in [-0.15, -0.1) is 11.3 Å². The Hall–Kier alpha value is -2.33. The van der Waals surface area contributed by atoms with E-state index in [0.29, 0.717) is 12.5 Å². The highest BCUT2D eigenvalue weighted by Gasteiger charge is 2.07. The largest absolute Gasteiger partial charge is 0.493 e. The Morgan fingerprint density at radius 1 is 1.04 bits per heavy atom. The second kappa shape index (κ2) is 8.57. The molecule has 0 fully saturated rings. The molecule has 2 aromatic carbocycles. The zero-order valence-corrected chi connectivity index (χ0v) is 17.5. The van der Waals surface area contributed by atoms with Crippen LogP contribution in [0, 0.1) is 19.8 Å². The Balaban J connectivity index is 1.76. The van der Waals surface area contributed by atoms with Gasteiger partial charge in [0.15, 0.2) is 11.5 Å². The van der Waals surface area contributed by atoms with Gasteiger partial charge in [-0.25, -0.2) is 4.98 Å². The molecular weight excluding hydrogens is 354 g/mol. The van der Waals surface area contributed by atoms with E-state index in [1.807, 2.05) is 18.2 Å². The Labute approximate surface area is 165 Å². The minimum absolute atomic E-state index is 0.625. The van der Waals surface area contributed by atoms with Gasteiger partial charge < -0.3 is 9.47 Å². The number of ether oxygens (including phenoxy) is 2. The van der Waals surface area contributed by atoms with E-state index in [1.54, 1.807) is 18.4 Å². The van der Waals surface area contributed by atoms with Crippen LogP contribution in [-0.4, -0.2) is 18.7 Å². The summed E-state index contributed by atoms with van der Waals surface area (Å²) in [6.07, 6.45) is 5.16. The van der Waals surface area contributed by atoms with Crippen molar-refractivity contribution in [3.05, 3.63) is 52.0 Å². The van der Waals surface area contributed by atoms with Crippen LogP contribution in [0.1, 0.15) is 42.0 Å². The molecular formula is C23H27NO2S. The third-order valence-corrected chi connectivity index (χ3v) is 5.56. The number of nitrogens with zero attached hydrogens (tertiary/aromatic N) is 1. The summed E-state index contributed by atoms with van der Waals surface area (Å²) >= 11 is 1.71. The van der Waals surface area contributed by atoms with Crippen LogP contribution in [0.3, 0.4) is 0 Å². The first-order valence-corrected chi connectivity index (χ1v) is 10.1. The molecule has 0 N–H and O–H groups in total. The first-order valence-electron chi connectivity index (χ1n) is 9.33. The van der Waals surface area contributed by atoms with Crippen molar-refractivity contribution in [2.45, 2.75) is 34.1 Å². The SMILES string of the molecule is COc1cc(C=Cc2nc3cc(C)c(C)cc3s2)ccc1OCCC(C)C. The van der Waals surface area contributed by atoms with E-state index in [1.165, 1.54) is 15.8 Å². The van der Waals surface area contributed by atoms with Gasteiger partial charge in [-0.3, -0.25) is 0 Å². The maximum Gasteiger partial charge on any atom is 0.161 e. The summed E-state index contributed by atoms with van der Waals surface area (Å²) in [6.45, 7) is 9.35. The van der Waals surface area contributed by atoms with Gasteiger partial charge in [-0.1, -0.05) is 26.0 Å². The lowest BCUT2D eigenvalue weighted by Gasteiger charge is -2.12. The van der Waals surface area contributed by atoms with Crippen molar-refractivity contribution >= 4 is 33.7 Å². The molecule has 0 aliphatic carbocycles. The molecule has 0 spiro atoms. The summed E-state index contributed by atoms with van der Waals surface area (Å²) in [5, 5.41) is 1.01. The lowest BCUT2D eigenvalue weighted by Crippen LogP contribution is -2.02. The summed E-state index contributed by atoms with van der Waals surface area (Å²) in [4.78, 5) is 4.72. The topological polar surface area (TPSA) is 31.4 Å². The number of hydrogen-bond acceptors (Lipinski definition) is 4. The Morgan fingerprint density at radius 3 is 2.56 bits per heavy atom. The molecule has 0 saturated heterocycles. The third kappa shape index (κ3) is 4.89.